The molecule has 0 aliphatic rings. The molecule has 0 aromatic carbocycles. The normalized spacial score (nSPS) is 15.1. The number of rotatable bonds is 48. The minimum Gasteiger partial charge on any atom is -0.387 e. The van der Waals surface area contributed by atoms with Crippen LogP contribution in [0.2, 0.25) is 0 Å². The molecule has 0 saturated heterocycles. The highest BCUT2D eigenvalue weighted by atomic mass is 31.2. The van der Waals surface area contributed by atoms with Gasteiger partial charge in [0.15, 0.2) is 0 Å². The largest absolute Gasteiger partial charge is 0.472 e. The molecule has 0 bridgehead atoms. The van der Waals surface area contributed by atoms with Crippen molar-refractivity contribution in [2.75, 3.05) is 40.9 Å². The standard InChI is InChI=1S/C62H103N2O6P/c1-6-8-10-12-14-16-18-19-20-21-22-23-24-25-26-27-28-29-30-31-32-33-34-35-36-37-38-39-40-41-42-43-44-45-46-48-50-52-54-56-62(66)63-60(59-70-71(67,68)69-58-57-64(3,4)5)61(65)55-53-51-49-47-17-15-13-11-9-7-2/h8-11,14,16-17,19-20,22-23,25-26,28-29,31-32,34-35,37-38,47,53,55,60-61,65H,6-7,12-13,15,18,21,24,27,30,33,36,39-46,48-52,54,56-59H2,1-5H3,(H-,63,66,67,68)/p+1/b10-8-,11-9+,16-14-,20-19-,23-22-,26-25-,29-28-,32-31-,35-34-,38-37-,47-17+,55-53+. The number of amides is 1. The molecule has 0 radical (unpaired) electrons. The van der Waals surface area contributed by atoms with Crippen LogP contribution in [0, 0.1) is 0 Å². The zero-order valence-corrected chi connectivity index (χ0v) is 46.5. The van der Waals surface area contributed by atoms with E-state index in [-0.39, 0.29) is 19.1 Å². The van der Waals surface area contributed by atoms with E-state index in [2.05, 4.69) is 153 Å². The van der Waals surface area contributed by atoms with Crippen molar-refractivity contribution in [1.82, 2.24) is 5.32 Å². The fourth-order valence-electron chi connectivity index (χ4n) is 7.01. The van der Waals surface area contributed by atoms with Crippen LogP contribution in [0.5, 0.6) is 0 Å². The van der Waals surface area contributed by atoms with E-state index in [4.69, 9.17) is 9.05 Å². The summed E-state index contributed by atoms with van der Waals surface area (Å²) in [7, 11) is 1.52. The van der Waals surface area contributed by atoms with Gasteiger partial charge >= 0.3 is 7.82 Å². The lowest BCUT2D eigenvalue weighted by Gasteiger charge is -2.25. The smallest absolute Gasteiger partial charge is 0.387 e. The van der Waals surface area contributed by atoms with E-state index in [0.29, 0.717) is 17.4 Å². The van der Waals surface area contributed by atoms with Gasteiger partial charge in [-0.2, -0.15) is 0 Å². The lowest BCUT2D eigenvalue weighted by Crippen LogP contribution is -2.45. The zero-order chi connectivity index (χ0) is 52.0. The third-order valence-corrected chi connectivity index (χ3v) is 12.3. The molecule has 3 N–H and O–H groups in total. The Morgan fingerprint density at radius 2 is 0.817 bits per heavy atom. The number of nitrogens with one attached hydrogen (secondary N) is 1. The van der Waals surface area contributed by atoms with Gasteiger partial charge in [-0.05, 0) is 109 Å². The van der Waals surface area contributed by atoms with E-state index in [1.54, 1.807) is 6.08 Å². The van der Waals surface area contributed by atoms with Crippen molar-refractivity contribution in [2.45, 2.75) is 199 Å². The molecular weight excluding hydrogens is 900 g/mol. The molecule has 0 saturated carbocycles. The topological polar surface area (TPSA) is 105 Å². The number of carbonyl (C=O) groups excluding carboxylic acids is 1. The van der Waals surface area contributed by atoms with Crippen LogP contribution < -0.4 is 5.32 Å². The molecule has 402 valence electrons. The second kappa shape index (κ2) is 51.3. The van der Waals surface area contributed by atoms with Crippen molar-refractivity contribution in [1.29, 1.82) is 0 Å². The van der Waals surface area contributed by atoms with Gasteiger partial charge in [-0.3, -0.25) is 13.8 Å². The molecule has 0 heterocycles. The summed E-state index contributed by atoms with van der Waals surface area (Å²) in [6, 6.07) is -0.879. The second-order valence-corrected chi connectivity index (χ2v) is 20.6. The molecular formula is C62H104N2O6P+. The average molecular weight is 1000 g/mol. The third-order valence-electron chi connectivity index (χ3n) is 11.3. The minimum absolute atomic E-state index is 0.0456. The first kappa shape index (κ1) is 67.4. The number of carbonyl (C=O) groups is 1. The van der Waals surface area contributed by atoms with Crippen molar-refractivity contribution in [2.24, 2.45) is 0 Å². The van der Waals surface area contributed by atoms with Crippen LogP contribution in [0.1, 0.15) is 187 Å². The highest BCUT2D eigenvalue weighted by molar-refractivity contribution is 7.47. The summed E-state index contributed by atoms with van der Waals surface area (Å²) in [5.41, 5.74) is 0. The van der Waals surface area contributed by atoms with Gasteiger partial charge in [-0.1, -0.05) is 217 Å². The van der Waals surface area contributed by atoms with Crippen molar-refractivity contribution in [3.63, 3.8) is 0 Å². The van der Waals surface area contributed by atoms with E-state index in [1.165, 1.54) is 51.4 Å². The molecule has 0 spiro atoms. The monoisotopic (exact) mass is 1000 g/mol. The summed E-state index contributed by atoms with van der Waals surface area (Å²) >= 11 is 0. The van der Waals surface area contributed by atoms with E-state index >= 15 is 0 Å². The molecule has 8 nitrogen and oxygen atoms in total. The molecule has 0 aliphatic carbocycles. The number of phosphoric acid groups is 1. The van der Waals surface area contributed by atoms with Crippen LogP contribution in [0.4, 0.5) is 0 Å². The van der Waals surface area contributed by atoms with Crippen molar-refractivity contribution in [3.8, 4) is 0 Å². The number of phosphoric ester groups is 1. The SMILES string of the molecule is CC/C=C\C/C=C\C/C=C\C/C=C\C/C=C\C/C=C\C/C=C\C/C=C\C/C=C\CCCCCCCCCCCCCC(=O)NC(COP(=O)(O)OCC[N+](C)(C)C)C(O)/C=C/CC/C=C/CC/C=C/CC. The van der Waals surface area contributed by atoms with Gasteiger partial charge in [0.05, 0.1) is 39.9 Å². The van der Waals surface area contributed by atoms with Crippen molar-refractivity contribution in [3.05, 3.63) is 146 Å². The van der Waals surface area contributed by atoms with Crippen LogP contribution in [0.3, 0.4) is 0 Å². The van der Waals surface area contributed by atoms with Gasteiger partial charge in [0.25, 0.3) is 0 Å². The Kier molecular flexibility index (Phi) is 48.7. The fourth-order valence-corrected chi connectivity index (χ4v) is 7.75. The Bertz CT molecular complexity index is 1660. The first-order valence-corrected chi connectivity index (χ1v) is 29.2. The Hall–Kier alpha value is -3.62. The maximum Gasteiger partial charge on any atom is 0.472 e. The number of aliphatic hydroxyl groups excluding tert-OH is 1. The van der Waals surface area contributed by atoms with Crippen molar-refractivity contribution >= 4 is 13.7 Å². The Morgan fingerprint density at radius 3 is 1.24 bits per heavy atom. The average Bonchev–Trinajstić information content (AvgIpc) is 3.33. The first-order chi connectivity index (χ1) is 34.5. The number of unbranched alkanes of at least 4 members (excludes halogenated alkanes) is 13. The molecule has 1 amide bonds. The van der Waals surface area contributed by atoms with Crippen LogP contribution in [0.25, 0.3) is 0 Å². The van der Waals surface area contributed by atoms with Gasteiger partial charge in [0.2, 0.25) is 5.91 Å². The highest BCUT2D eigenvalue weighted by Gasteiger charge is 2.27. The summed E-state index contributed by atoms with van der Waals surface area (Å²) in [4.78, 5) is 23.2. The maximum absolute atomic E-state index is 12.9. The van der Waals surface area contributed by atoms with Gasteiger partial charge < -0.3 is 19.8 Å². The van der Waals surface area contributed by atoms with Crippen LogP contribution in [0.15, 0.2) is 146 Å². The summed E-state index contributed by atoms with van der Waals surface area (Å²) in [6.45, 7) is 4.51. The summed E-state index contributed by atoms with van der Waals surface area (Å²) in [5, 5.41) is 13.8. The number of allylic oxidation sites excluding steroid dienone is 23. The van der Waals surface area contributed by atoms with Gasteiger partial charge in [-0.25, -0.2) is 4.57 Å². The van der Waals surface area contributed by atoms with Gasteiger partial charge in [0.1, 0.15) is 13.2 Å². The van der Waals surface area contributed by atoms with Crippen molar-refractivity contribution < 1.29 is 32.9 Å². The Morgan fingerprint density at radius 1 is 0.479 bits per heavy atom. The van der Waals surface area contributed by atoms with Crippen LogP contribution in [-0.4, -0.2) is 73.4 Å². The summed E-state index contributed by atoms with van der Waals surface area (Å²) in [5.74, 6) is -0.204. The van der Waals surface area contributed by atoms with Gasteiger partial charge in [0, 0.05) is 6.42 Å². The molecule has 0 rings (SSSR count). The highest BCUT2D eigenvalue weighted by Crippen LogP contribution is 2.43. The number of quaternary nitrogens is 1. The maximum atomic E-state index is 12.9. The molecule has 9 heteroatoms. The number of hydrogen-bond donors (Lipinski definition) is 3. The quantitative estimate of drug-likeness (QED) is 0.0243. The molecule has 3 atom stereocenters. The molecule has 0 aromatic heterocycles. The van der Waals surface area contributed by atoms with E-state index in [9.17, 15) is 19.4 Å². The second-order valence-electron chi connectivity index (χ2n) is 19.2. The van der Waals surface area contributed by atoms with Gasteiger partial charge in [-0.15, -0.1) is 0 Å². The number of likely N-dealkylation sites (N-methyl/N-ethyl adjacent to an activating group) is 1. The summed E-state index contributed by atoms with van der Waals surface area (Å²) in [6.07, 6.45) is 79.7. The molecule has 0 aromatic rings. The number of nitrogens with zero attached hydrogens (tertiary/aromatic N) is 1. The first-order valence-electron chi connectivity index (χ1n) is 27.7. The molecule has 0 aliphatic heterocycles. The van der Waals surface area contributed by atoms with E-state index < -0.39 is 20.0 Å². The Balaban J connectivity index is 4.06. The predicted octanol–water partition coefficient (Wildman–Crippen LogP) is 16.9. The number of hydrogen-bond acceptors (Lipinski definition) is 5. The lowest BCUT2D eigenvalue weighted by molar-refractivity contribution is -0.870. The van der Waals surface area contributed by atoms with Crippen LogP contribution >= 0.6 is 7.82 Å². The molecule has 0 fully saturated rings. The Labute approximate surface area is 436 Å². The predicted molar refractivity (Wildman–Crippen MR) is 308 cm³/mol. The fraction of sp³-hybridized carbons (Fsp3) is 0.597. The molecule has 3 unspecified atom stereocenters. The van der Waals surface area contributed by atoms with Crippen LogP contribution in [-0.2, 0) is 18.4 Å². The third kappa shape index (κ3) is 54.0. The van der Waals surface area contributed by atoms with E-state index in [1.807, 2.05) is 27.2 Å². The van der Waals surface area contributed by atoms with E-state index in [0.717, 1.165) is 116 Å². The minimum atomic E-state index is -4.36. The lowest BCUT2D eigenvalue weighted by atomic mass is 10.0. The number of aliphatic hydroxyl groups is 1. The summed E-state index contributed by atoms with van der Waals surface area (Å²) < 4.78 is 23.5. The molecule has 71 heavy (non-hydrogen) atoms. The zero-order valence-electron chi connectivity index (χ0n) is 45.6.